The lowest BCUT2D eigenvalue weighted by atomic mass is 9.88. The largest absolute Gasteiger partial charge is 0.383 e. The van der Waals surface area contributed by atoms with E-state index in [1.807, 2.05) is 6.92 Å². The summed E-state index contributed by atoms with van der Waals surface area (Å²) in [4.78, 5) is 12.0. The van der Waals surface area contributed by atoms with Crippen LogP contribution in [0, 0.1) is 17.8 Å². The number of ether oxygens (including phenoxy) is 1. The summed E-state index contributed by atoms with van der Waals surface area (Å²) in [6.07, 6.45) is 5.02. The Morgan fingerprint density at radius 1 is 1.47 bits per heavy atom. The van der Waals surface area contributed by atoms with Crippen molar-refractivity contribution >= 4 is 5.91 Å². The van der Waals surface area contributed by atoms with Crippen molar-refractivity contribution in [2.45, 2.75) is 38.6 Å². The molecule has 2 fully saturated rings. The van der Waals surface area contributed by atoms with Crippen molar-refractivity contribution in [3.63, 3.8) is 0 Å². The quantitative estimate of drug-likeness (QED) is 0.766. The fraction of sp³-hybridized carbons (Fsp3) is 0.917. The maximum absolute atomic E-state index is 12.0. The van der Waals surface area contributed by atoms with E-state index >= 15 is 0 Å². The van der Waals surface area contributed by atoms with Crippen LogP contribution in [0.2, 0.25) is 0 Å². The fourth-order valence-electron chi connectivity index (χ4n) is 3.21. The first-order chi connectivity index (χ1) is 7.20. The maximum Gasteiger partial charge on any atom is 0.223 e. The first kappa shape index (κ1) is 10.9. The number of hydrogen-bond acceptors (Lipinski definition) is 2. The predicted octanol–water partition coefficient (Wildman–Crippen LogP) is 1.57. The van der Waals surface area contributed by atoms with E-state index in [0.29, 0.717) is 18.4 Å². The summed E-state index contributed by atoms with van der Waals surface area (Å²) in [5.74, 6) is 2.06. The van der Waals surface area contributed by atoms with Crippen molar-refractivity contribution < 1.29 is 9.53 Å². The van der Waals surface area contributed by atoms with Gasteiger partial charge < -0.3 is 10.1 Å². The number of fused-ring (bicyclic) bond motifs is 2. The third-order valence-corrected chi connectivity index (χ3v) is 3.88. The molecule has 2 aliphatic rings. The molecule has 4 atom stereocenters. The predicted molar refractivity (Wildman–Crippen MR) is 58.4 cm³/mol. The summed E-state index contributed by atoms with van der Waals surface area (Å²) in [6.45, 7) is 2.60. The van der Waals surface area contributed by atoms with Crippen LogP contribution in [0.15, 0.2) is 0 Å². The van der Waals surface area contributed by atoms with Crippen LogP contribution in [0.3, 0.4) is 0 Å². The van der Waals surface area contributed by atoms with Gasteiger partial charge in [-0.15, -0.1) is 0 Å². The molecule has 2 bridgehead atoms. The molecular weight excluding hydrogens is 190 g/mol. The van der Waals surface area contributed by atoms with Crippen LogP contribution >= 0.6 is 0 Å². The number of nitrogens with one attached hydrogen (secondary N) is 1. The van der Waals surface area contributed by atoms with Gasteiger partial charge in [-0.3, -0.25) is 4.79 Å². The van der Waals surface area contributed by atoms with Crippen molar-refractivity contribution in [3.05, 3.63) is 0 Å². The molecule has 86 valence electrons. The third-order valence-electron chi connectivity index (χ3n) is 3.88. The van der Waals surface area contributed by atoms with Gasteiger partial charge in [0.2, 0.25) is 5.91 Å². The molecule has 0 aromatic carbocycles. The summed E-state index contributed by atoms with van der Waals surface area (Å²) in [5.41, 5.74) is 0. The SMILES string of the molecule is COCC(C)NC(=O)C1CC2CCC1C2. The van der Waals surface area contributed by atoms with Crippen molar-refractivity contribution in [1.82, 2.24) is 5.32 Å². The highest BCUT2D eigenvalue weighted by atomic mass is 16.5. The van der Waals surface area contributed by atoms with Gasteiger partial charge in [-0.25, -0.2) is 0 Å². The summed E-state index contributed by atoms with van der Waals surface area (Å²) < 4.78 is 5.01. The molecule has 0 spiro atoms. The molecule has 1 amide bonds. The third kappa shape index (κ3) is 2.33. The smallest absolute Gasteiger partial charge is 0.223 e. The summed E-state index contributed by atoms with van der Waals surface area (Å²) in [7, 11) is 1.67. The molecule has 0 aromatic rings. The van der Waals surface area contributed by atoms with Crippen LogP contribution < -0.4 is 5.32 Å². The van der Waals surface area contributed by atoms with E-state index in [1.54, 1.807) is 7.11 Å². The molecule has 0 radical (unpaired) electrons. The van der Waals surface area contributed by atoms with E-state index in [2.05, 4.69) is 5.32 Å². The number of methoxy groups -OCH3 is 1. The van der Waals surface area contributed by atoms with E-state index in [9.17, 15) is 4.79 Å². The lowest BCUT2D eigenvalue weighted by Gasteiger charge is -2.23. The molecule has 0 aromatic heterocycles. The normalized spacial score (nSPS) is 35.5. The van der Waals surface area contributed by atoms with Gasteiger partial charge in [-0.2, -0.15) is 0 Å². The molecule has 1 N–H and O–H groups in total. The monoisotopic (exact) mass is 211 g/mol. The summed E-state index contributed by atoms with van der Waals surface area (Å²) >= 11 is 0. The fourth-order valence-corrected chi connectivity index (χ4v) is 3.21. The van der Waals surface area contributed by atoms with Crippen molar-refractivity contribution in [3.8, 4) is 0 Å². The van der Waals surface area contributed by atoms with E-state index < -0.39 is 0 Å². The van der Waals surface area contributed by atoms with Gasteiger partial charge >= 0.3 is 0 Å². The minimum absolute atomic E-state index is 0.140. The Hall–Kier alpha value is -0.570. The summed E-state index contributed by atoms with van der Waals surface area (Å²) in [5, 5.41) is 3.04. The lowest BCUT2D eigenvalue weighted by molar-refractivity contribution is -0.127. The van der Waals surface area contributed by atoms with Crippen molar-refractivity contribution in [2.24, 2.45) is 17.8 Å². The minimum Gasteiger partial charge on any atom is -0.383 e. The first-order valence-electron chi connectivity index (χ1n) is 6.00. The molecule has 2 aliphatic carbocycles. The Labute approximate surface area is 91.6 Å². The molecule has 2 rings (SSSR count). The van der Waals surface area contributed by atoms with Gasteiger partial charge in [0.25, 0.3) is 0 Å². The molecule has 0 heterocycles. The second kappa shape index (κ2) is 4.52. The van der Waals surface area contributed by atoms with E-state index in [0.717, 1.165) is 12.3 Å². The van der Waals surface area contributed by atoms with E-state index in [1.165, 1.54) is 19.3 Å². The van der Waals surface area contributed by atoms with Crippen molar-refractivity contribution in [2.75, 3.05) is 13.7 Å². The number of carbonyl (C=O) groups excluding carboxylic acids is 1. The van der Waals surface area contributed by atoms with Crippen LogP contribution in [-0.4, -0.2) is 25.7 Å². The van der Waals surface area contributed by atoms with Crippen LogP contribution in [0.25, 0.3) is 0 Å². The molecule has 3 nitrogen and oxygen atoms in total. The lowest BCUT2D eigenvalue weighted by Crippen LogP contribution is -2.41. The molecule has 4 unspecified atom stereocenters. The molecule has 0 saturated heterocycles. The number of rotatable bonds is 4. The molecule has 3 heteroatoms. The standard InChI is InChI=1S/C12H21NO2/c1-8(7-15-2)13-12(14)11-6-9-3-4-10(11)5-9/h8-11H,3-7H2,1-2H3,(H,13,14). The zero-order chi connectivity index (χ0) is 10.8. The van der Waals surface area contributed by atoms with E-state index in [-0.39, 0.29) is 11.9 Å². The highest BCUT2D eigenvalue weighted by Crippen LogP contribution is 2.48. The van der Waals surface area contributed by atoms with Crippen LogP contribution in [0.4, 0.5) is 0 Å². The van der Waals surface area contributed by atoms with Gasteiger partial charge in [0, 0.05) is 19.1 Å². The van der Waals surface area contributed by atoms with Gasteiger partial charge in [-0.05, 0) is 38.0 Å². The maximum atomic E-state index is 12.0. The zero-order valence-electron chi connectivity index (χ0n) is 9.66. The zero-order valence-corrected chi connectivity index (χ0v) is 9.66. The van der Waals surface area contributed by atoms with Crippen molar-refractivity contribution in [1.29, 1.82) is 0 Å². The van der Waals surface area contributed by atoms with E-state index in [4.69, 9.17) is 4.74 Å². The second-order valence-electron chi connectivity index (χ2n) is 5.15. The average molecular weight is 211 g/mol. The number of hydrogen-bond donors (Lipinski definition) is 1. The highest BCUT2D eigenvalue weighted by Gasteiger charge is 2.43. The average Bonchev–Trinajstić information content (AvgIpc) is 2.78. The van der Waals surface area contributed by atoms with Crippen LogP contribution in [0.5, 0.6) is 0 Å². The number of amides is 1. The topological polar surface area (TPSA) is 38.3 Å². The summed E-state index contributed by atoms with van der Waals surface area (Å²) in [6, 6.07) is 0.140. The Morgan fingerprint density at radius 3 is 2.80 bits per heavy atom. The van der Waals surface area contributed by atoms with Gasteiger partial charge in [0.15, 0.2) is 0 Å². The highest BCUT2D eigenvalue weighted by molar-refractivity contribution is 5.79. The molecule has 15 heavy (non-hydrogen) atoms. The van der Waals surface area contributed by atoms with Crippen LogP contribution in [-0.2, 0) is 9.53 Å². The molecule has 2 saturated carbocycles. The minimum atomic E-state index is 0.140. The van der Waals surface area contributed by atoms with Gasteiger partial charge in [-0.1, -0.05) is 6.42 Å². The van der Waals surface area contributed by atoms with Gasteiger partial charge in [0.05, 0.1) is 6.61 Å². The Balaban J connectivity index is 1.81. The molecular formula is C12H21NO2. The van der Waals surface area contributed by atoms with Crippen LogP contribution in [0.1, 0.15) is 32.6 Å². The first-order valence-corrected chi connectivity index (χ1v) is 6.00. The Morgan fingerprint density at radius 2 is 2.27 bits per heavy atom. The Kier molecular flexibility index (Phi) is 3.29. The molecule has 0 aliphatic heterocycles. The number of carbonyl (C=O) groups is 1. The second-order valence-corrected chi connectivity index (χ2v) is 5.15. The Bertz CT molecular complexity index is 242. The van der Waals surface area contributed by atoms with Gasteiger partial charge in [0.1, 0.15) is 0 Å².